The Balaban J connectivity index is 2.86. The first-order valence-electron chi connectivity index (χ1n) is 7.92. The molecule has 0 fully saturated rings. The molecule has 3 nitrogen and oxygen atoms in total. The highest BCUT2D eigenvalue weighted by Gasteiger charge is 2.11. The molecule has 0 aliphatic carbocycles. The van der Waals surface area contributed by atoms with E-state index in [0.29, 0.717) is 12.0 Å². The molecule has 1 N–H and O–H groups in total. The van der Waals surface area contributed by atoms with E-state index in [-0.39, 0.29) is 0 Å². The van der Waals surface area contributed by atoms with Gasteiger partial charge in [0.25, 0.3) is 0 Å². The minimum atomic E-state index is 0.509. The average Bonchev–Trinajstić information content (AvgIpc) is 2.41. The lowest BCUT2D eigenvalue weighted by Gasteiger charge is -2.26. The zero-order chi connectivity index (χ0) is 15.1. The van der Waals surface area contributed by atoms with Crippen LogP contribution in [0.1, 0.15) is 52.3 Å². The molecule has 1 unspecified atom stereocenters. The summed E-state index contributed by atoms with van der Waals surface area (Å²) in [6.45, 7) is 16.2. The van der Waals surface area contributed by atoms with Crippen molar-refractivity contribution in [3.63, 3.8) is 0 Å². The predicted octanol–water partition coefficient (Wildman–Crippen LogP) is 3.76. The Morgan fingerprint density at radius 3 is 2.45 bits per heavy atom. The van der Waals surface area contributed by atoms with Gasteiger partial charge < -0.3 is 10.2 Å². The Kier molecular flexibility index (Phi) is 7.00. The summed E-state index contributed by atoms with van der Waals surface area (Å²) in [5.41, 5.74) is 2.43. The van der Waals surface area contributed by atoms with E-state index in [1.54, 1.807) is 0 Å². The van der Waals surface area contributed by atoms with Crippen LogP contribution in [0.2, 0.25) is 0 Å². The number of hydrogen-bond donors (Lipinski definition) is 1. The number of anilines is 1. The van der Waals surface area contributed by atoms with Gasteiger partial charge >= 0.3 is 0 Å². The van der Waals surface area contributed by atoms with Crippen LogP contribution in [-0.4, -0.2) is 24.1 Å². The van der Waals surface area contributed by atoms with Gasteiger partial charge in [0, 0.05) is 31.4 Å². The van der Waals surface area contributed by atoms with E-state index in [0.717, 1.165) is 31.1 Å². The summed E-state index contributed by atoms with van der Waals surface area (Å²) in [7, 11) is 0. The molecule has 0 aliphatic heterocycles. The van der Waals surface area contributed by atoms with E-state index in [1.807, 2.05) is 0 Å². The molecule has 0 saturated heterocycles. The number of nitrogens with zero attached hydrogens (tertiary/aromatic N) is 2. The van der Waals surface area contributed by atoms with E-state index in [2.05, 4.69) is 63.9 Å². The molecule has 0 spiro atoms. The van der Waals surface area contributed by atoms with Crippen molar-refractivity contribution in [1.29, 1.82) is 0 Å². The van der Waals surface area contributed by atoms with Crippen molar-refractivity contribution in [2.45, 2.75) is 60.5 Å². The summed E-state index contributed by atoms with van der Waals surface area (Å²) in [5, 5.41) is 3.48. The molecular weight excluding hydrogens is 246 g/mol. The molecule has 1 aromatic rings. The third-order valence-electron chi connectivity index (χ3n) is 3.65. The molecule has 1 atom stereocenters. The third kappa shape index (κ3) is 5.49. The zero-order valence-electron chi connectivity index (χ0n) is 14.0. The van der Waals surface area contributed by atoms with Crippen molar-refractivity contribution in [3.8, 4) is 0 Å². The smallest absolute Gasteiger partial charge is 0.129 e. The van der Waals surface area contributed by atoms with Crippen molar-refractivity contribution in [2.24, 2.45) is 5.92 Å². The summed E-state index contributed by atoms with van der Waals surface area (Å²) in [5.74, 6) is 1.82. The molecule has 114 valence electrons. The minimum Gasteiger partial charge on any atom is -0.357 e. The van der Waals surface area contributed by atoms with E-state index >= 15 is 0 Å². The van der Waals surface area contributed by atoms with Crippen molar-refractivity contribution in [1.82, 2.24) is 10.3 Å². The second kappa shape index (κ2) is 8.25. The Hall–Kier alpha value is -1.09. The van der Waals surface area contributed by atoms with Gasteiger partial charge in [-0.25, -0.2) is 4.98 Å². The number of aryl methyl sites for hydroxylation is 1. The van der Waals surface area contributed by atoms with Crippen LogP contribution in [0.4, 0.5) is 5.82 Å². The third-order valence-corrected chi connectivity index (χ3v) is 3.65. The number of aromatic nitrogens is 1. The molecule has 1 rings (SSSR count). The van der Waals surface area contributed by atoms with E-state index in [1.165, 1.54) is 12.0 Å². The average molecular weight is 277 g/mol. The van der Waals surface area contributed by atoms with Crippen LogP contribution in [0.3, 0.4) is 0 Å². The van der Waals surface area contributed by atoms with E-state index in [4.69, 9.17) is 4.98 Å². The summed E-state index contributed by atoms with van der Waals surface area (Å²) in [4.78, 5) is 7.11. The predicted molar refractivity (Wildman–Crippen MR) is 88.3 cm³/mol. The first-order valence-corrected chi connectivity index (χ1v) is 7.92. The van der Waals surface area contributed by atoms with E-state index in [9.17, 15) is 0 Å². The quantitative estimate of drug-likeness (QED) is 0.784. The second-order valence-electron chi connectivity index (χ2n) is 6.06. The zero-order valence-corrected chi connectivity index (χ0v) is 14.0. The largest absolute Gasteiger partial charge is 0.357 e. The molecular formula is C17H31N3. The van der Waals surface area contributed by atoms with Crippen LogP contribution < -0.4 is 10.2 Å². The van der Waals surface area contributed by atoms with Gasteiger partial charge in [0.15, 0.2) is 0 Å². The number of pyridine rings is 1. The normalized spacial score (nSPS) is 12.8. The fraction of sp³-hybridized carbons (Fsp3) is 0.706. The molecule has 0 radical (unpaired) electrons. The Morgan fingerprint density at radius 1 is 1.20 bits per heavy atom. The van der Waals surface area contributed by atoms with Crippen LogP contribution in [0.5, 0.6) is 0 Å². The Morgan fingerprint density at radius 2 is 1.90 bits per heavy atom. The molecule has 20 heavy (non-hydrogen) atoms. The van der Waals surface area contributed by atoms with Crippen LogP contribution >= 0.6 is 0 Å². The molecule has 0 aliphatic rings. The highest BCUT2D eigenvalue weighted by atomic mass is 15.2. The van der Waals surface area contributed by atoms with Gasteiger partial charge in [-0.05, 0) is 37.5 Å². The summed E-state index contributed by atoms with van der Waals surface area (Å²) in [6, 6.07) is 4.92. The molecule has 0 aromatic carbocycles. The van der Waals surface area contributed by atoms with Gasteiger partial charge in [0.05, 0.1) is 0 Å². The van der Waals surface area contributed by atoms with Gasteiger partial charge in [-0.1, -0.05) is 34.1 Å². The summed E-state index contributed by atoms with van der Waals surface area (Å²) < 4.78 is 0. The molecule has 1 heterocycles. The topological polar surface area (TPSA) is 28.2 Å². The van der Waals surface area contributed by atoms with Gasteiger partial charge in [0.2, 0.25) is 0 Å². The maximum atomic E-state index is 4.72. The standard InChI is InChI=1S/C17H31N3/c1-7-14(5)12-20(8-2)17-10-16(9-15(6)19-17)11-18-13(3)4/h9-10,13-14,18H,7-8,11-12H2,1-6H3. The number of hydrogen-bond acceptors (Lipinski definition) is 3. The van der Waals surface area contributed by atoms with Crippen LogP contribution in [0.15, 0.2) is 12.1 Å². The van der Waals surface area contributed by atoms with Gasteiger partial charge in [-0.15, -0.1) is 0 Å². The van der Waals surface area contributed by atoms with Crippen LogP contribution in [-0.2, 0) is 6.54 Å². The molecule has 0 bridgehead atoms. The van der Waals surface area contributed by atoms with Crippen LogP contribution in [0, 0.1) is 12.8 Å². The number of rotatable bonds is 8. The summed E-state index contributed by atoms with van der Waals surface area (Å²) >= 11 is 0. The highest BCUT2D eigenvalue weighted by Crippen LogP contribution is 2.17. The second-order valence-corrected chi connectivity index (χ2v) is 6.06. The SMILES string of the molecule is CCC(C)CN(CC)c1cc(CNC(C)C)cc(C)n1. The molecule has 3 heteroatoms. The fourth-order valence-electron chi connectivity index (χ4n) is 2.20. The van der Waals surface area contributed by atoms with Gasteiger partial charge in [0.1, 0.15) is 5.82 Å². The summed E-state index contributed by atoms with van der Waals surface area (Å²) in [6.07, 6.45) is 1.21. The maximum Gasteiger partial charge on any atom is 0.129 e. The number of nitrogens with one attached hydrogen (secondary N) is 1. The van der Waals surface area contributed by atoms with Gasteiger partial charge in [-0.2, -0.15) is 0 Å². The Bertz CT molecular complexity index is 401. The lowest BCUT2D eigenvalue weighted by atomic mass is 10.1. The lowest BCUT2D eigenvalue weighted by Crippen LogP contribution is -2.29. The highest BCUT2D eigenvalue weighted by molar-refractivity contribution is 5.42. The van der Waals surface area contributed by atoms with Crippen molar-refractivity contribution in [3.05, 3.63) is 23.4 Å². The first-order chi connectivity index (χ1) is 9.46. The fourth-order valence-corrected chi connectivity index (χ4v) is 2.20. The van der Waals surface area contributed by atoms with Crippen molar-refractivity contribution in [2.75, 3.05) is 18.0 Å². The molecule has 0 amide bonds. The van der Waals surface area contributed by atoms with E-state index < -0.39 is 0 Å². The monoisotopic (exact) mass is 277 g/mol. The Labute approximate surface area is 124 Å². The first kappa shape index (κ1) is 17.0. The molecule has 0 saturated carbocycles. The van der Waals surface area contributed by atoms with Crippen molar-refractivity contribution < 1.29 is 0 Å². The van der Waals surface area contributed by atoms with Crippen LogP contribution in [0.25, 0.3) is 0 Å². The minimum absolute atomic E-state index is 0.509. The molecule has 1 aromatic heterocycles. The lowest BCUT2D eigenvalue weighted by molar-refractivity contribution is 0.544. The van der Waals surface area contributed by atoms with Gasteiger partial charge in [-0.3, -0.25) is 0 Å². The van der Waals surface area contributed by atoms with Crippen molar-refractivity contribution >= 4 is 5.82 Å². The maximum absolute atomic E-state index is 4.72.